The Kier molecular flexibility index (Phi) is 6.55. The van der Waals surface area contributed by atoms with Crippen LogP contribution in [0.2, 0.25) is 0 Å². The van der Waals surface area contributed by atoms with Crippen LogP contribution in [0.1, 0.15) is 17.4 Å². The van der Waals surface area contributed by atoms with Crippen LogP contribution in [0.4, 0.5) is 0 Å². The summed E-state index contributed by atoms with van der Waals surface area (Å²) in [5, 5.41) is 14.4. The lowest BCUT2D eigenvalue weighted by molar-refractivity contribution is 1.69. The van der Waals surface area contributed by atoms with E-state index in [1.807, 2.05) is 28.7 Å². The van der Waals surface area contributed by atoms with Gasteiger partial charge in [0.2, 0.25) is 0 Å². The molecule has 0 saturated carbocycles. The van der Waals surface area contributed by atoms with E-state index in [-0.39, 0.29) is 0 Å². The van der Waals surface area contributed by atoms with E-state index in [1.54, 1.807) is 0 Å². The smallest absolute Gasteiger partial charge is 0.0440 e. The van der Waals surface area contributed by atoms with Crippen molar-refractivity contribution in [2.75, 3.05) is 0 Å². The topological polar surface area (TPSA) is 0 Å². The Morgan fingerprint density at radius 3 is 1.76 bits per heavy atom. The Hall–Kier alpha value is -6.32. The minimum Gasteiger partial charge on any atom is -0.135 e. The van der Waals surface area contributed by atoms with Crippen molar-refractivity contribution < 1.29 is 0 Å². The van der Waals surface area contributed by atoms with Crippen molar-refractivity contribution in [1.29, 1.82) is 0 Å². The van der Waals surface area contributed by atoms with Gasteiger partial charge in [0.1, 0.15) is 0 Å². The predicted molar refractivity (Wildman–Crippen MR) is 245 cm³/mol. The Labute approximate surface area is 326 Å². The number of rotatable bonds is 4. The van der Waals surface area contributed by atoms with Gasteiger partial charge in [-0.1, -0.05) is 140 Å². The van der Waals surface area contributed by atoms with Crippen molar-refractivity contribution in [2.24, 2.45) is 0 Å². The molecule has 0 aliphatic heterocycles. The summed E-state index contributed by atoms with van der Waals surface area (Å²) in [5.74, 6) is 0. The SMILES string of the molecule is C=Cc1sc2c(ccc3c4ccc(-c5ccc6sc7ccc(-c8ccc9c%10c(cccc8%10)-c8ccccc8-9)cc7c6c5)cc4c4ccccc4c32)c1/C=C\C. The molecule has 0 fully saturated rings. The van der Waals surface area contributed by atoms with Gasteiger partial charge < -0.3 is 0 Å². The Morgan fingerprint density at radius 2 is 0.982 bits per heavy atom. The van der Waals surface area contributed by atoms with Crippen LogP contribution in [0, 0.1) is 0 Å². The zero-order valence-corrected chi connectivity index (χ0v) is 31.7. The average molecular weight is 733 g/mol. The average Bonchev–Trinajstić information content (AvgIpc) is 3.90. The van der Waals surface area contributed by atoms with E-state index < -0.39 is 0 Å². The summed E-state index contributed by atoms with van der Waals surface area (Å²) in [6, 6.07) is 55.1. The maximum atomic E-state index is 4.15. The standard InChI is InChI=1S/C53H32S2/c1-3-10-38-44-24-23-43-37-20-17-30(27-45(37)36-13-7-8-14-41(36)52(43)53(44)55-48(38)4-2)31-18-25-49-46(28-31)47-29-32(19-26-50(47)54-49)33-21-22-42-35-12-6-5-11-34(35)40-16-9-15-39(33)51(40)42/h3-29H,2H2,1H3/b10-3-. The summed E-state index contributed by atoms with van der Waals surface area (Å²) in [7, 11) is 0. The van der Waals surface area contributed by atoms with Crippen LogP contribution >= 0.6 is 22.7 Å². The third-order valence-corrected chi connectivity index (χ3v) is 14.3. The molecule has 256 valence electrons. The van der Waals surface area contributed by atoms with E-state index in [1.165, 1.54) is 128 Å². The molecule has 0 saturated heterocycles. The van der Waals surface area contributed by atoms with Crippen molar-refractivity contribution in [1.82, 2.24) is 0 Å². The minimum absolute atomic E-state index is 1.22. The number of fused-ring (bicyclic) bond motifs is 14. The van der Waals surface area contributed by atoms with E-state index in [0.717, 1.165) is 0 Å². The van der Waals surface area contributed by atoms with Crippen LogP contribution in [0.15, 0.2) is 158 Å². The van der Waals surface area contributed by atoms with E-state index in [2.05, 4.69) is 171 Å². The Bertz CT molecular complexity index is 3460. The van der Waals surface area contributed by atoms with Gasteiger partial charge in [-0.05, 0) is 125 Å². The fourth-order valence-electron chi connectivity index (χ4n) is 9.48. The molecule has 9 aromatic carbocycles. The van der Waals surface area contributed by atoms with Gasteiger partial charge in [-0.3, -0.25) is 0 Å². The first-order chi connectivity index (χ1) is 27.2. The van der Waals surface area contributed by atoms with Gasteiger partial charge in [-0.15, -0.1) is 22.7 Å². The van der Waals surface area contributed by atoms with Gasteiger partial charge in [-0.2, -0.15) is 0 Å². The third-order valence-electron chi connectivity index (χ3n) is 11.9. The minimum atomic E-state index is 1.22. The molecule has 0 atom stereocenters. The van der Waals surface area contributed by atoms with Gasteiger partial charge in [0, 0.05) is 40.5 Å². The molecule has 0 nitrogen and oxygen atoms in total. The molecular formula is C53H32S2. The number of hydrogen-bond acceptors (Lipinski definition) is 2. The highest BCUT2D eigenvalue weighted by Gasteiger charge is 2.23. The van der Waals surface area contributed by atoms with Crippen molar-refractivity contribution in [3.8, 4) is 44.5 Å². The number of hydrogen-bond donors (Lipinski definition) is 0. The summed E-state index contributed by atoms with van der Waals surface area (Å²) in [4.78, 5) is 1.22. The molecule has 0 bridgehead atoms. The molecule has 2 aromatic heterocycles. The fraction of sp³-hybridized carbons (Fsp3) is 0.0189. The van der Waals surface area contributed by atoms with Crippen molar-refractivity contribution >= 4 is 108 Å². The third kappa shape index (κ3) is 4.32. The molecule has 12 rings (SSSR count). The van der Waals surface area contributed by atoms with E-state index in [9.17, 15) is 0 Å². The second kappa shape index (κ2) is 11.6. The molecule has 0 spiro atoms. The highest BCUT2D eigenvalue weighted by Crippen LogP contribution is 2.50. The summed E-state index contributed by atoms with van der Waals surface area (Å²) < 4.78 is 3.97. The van der Waals surface area contributed by atoms with E-state index in [4.69, 9.17) is 0 Å². The highest BCUT2D eigenvalue weighted by molar-refractivity contribution is 7.25. The van der Waals surface area contributed by atoms with Crippen LogP contribution in [0.5, 0.6) is 0 Å². The van der Waals surface area contributed by atoms with Crippen molar-refractivity contribution in [3.63, 3.8) is 0 Å². The summed E-state index contributed by atoms with van der Waals surface area (Å²) in [6.07, 6.45) is 6.35. The van der Waals surface area contributed by atoms with Gasteiger partial charge >= 0.3 is 0 Å². The molecule has 0 amide bonds. The Morgan fingerprint density at radius 1 is 0.418 bits per heavy atom. The number of allylic oxidation sites excluding steroid dienone is 1. The maximum absolute atomic E-state index is 4.15. The molecule has 0 radical (unpaired) electrons. The van der Waals surface area contributed by atoms with Gasteiger partial charge in [0.05, 0.1) is 0 Å². The molecule has 0 unspecified atom stereocenters. The molecule has 1 aliphatic carbocycles. The van der Waals surface area contributed by atoms with Crippen molar-refractivity contribution in [2.45, 2.75) is 6.92 Å². The summed E-state index contributed by atoms with van der Waals surface area (Å²) >= 11 is 3.74. The quantitative estimate of drug-likeness (QED) is 0.158. The van der Waals surface area contributed by atoms with Crippen LogP contribution in [-0.2, 0) is 0 Å². The van der Waals surface area contributed by atoms with Gasteiger partial charge in [0.25, 0.3) is 0 Å². The van der Waals surface area contributed by atoms with Gasteiger partial charge in [0.15, 0.2) is 0 Å². The maximum Gasteiger partial charge on any atom is 0.0440 e. The monoisotopic (exact) mass is 732 g/mol. The molecular weight excluding hydrogens is 701 g/mol. The second-order valence-electron chi connectivity index (χ2n) is 14.7. The Balaban J connectivity index is 1.03. The predicted octanol–water partition coefficient (Wildman–Crippen LogP) is 16.5. The molecule has 55 heavy (non-hydrogen) atoms. The van der Waals surface area contributed by atoms with Crippen molar-refractivity contribution in [3.05, 3.63) is 169 Å². The summed E-state index contributed by atoms with van der Waals surface area (Å²) in [6.45, 7) is 6.24. The zero-order chi connectivity index (χ0) is 36.4. The molecule has 2 heteroatoms. The number of benzene rings is 9. The number of thiophene rings is 2. The molecule has 1 aliphatic rings. The first-order valence-corrected chi connectivity index (χ1v) is 20.5. The van der Waals surface area contributed by atoms with E-state index >= 15 is 0 Å². The van der Waals surface area contributed by atoms with E-state index in [0.29, 0.717) is 0 Å². The largest absolute Gasteiger partial charge is 0.135 e. The lowest BCUT2D eigenvalue weighted by atomic mass is 9.91. The molecule has 2 heterocycles. The summed E-state index contributed by atoms with van der Waals surface area (Å²) in [5.41, 5.74) is 11.6. The normalized spacial score (nSPS) is 12.5. The first-order valence-electron chi connectivity index (χ1n) is 18.9. The van der Waals surface area contributed by atoms with Crippen LogP contribution < -0.4 is 0 Å². The van der Waals surface area contributed by atoms with Gasteiger partial charge in [-0.25, -0.2) is 0 Å². The fourth-order valence-corrected chi connectivity index (χ4v) is 11.8. The highest BCUT2D eigenvalue weighted by atomic mass is 32.1. The second-order valence-corrected chi connectivity index (χ2v) is 16.8. The first kappa shape index (κ1) is 31.1. The lowest BCUT2D eigenvalue weighted by Crippen LogP contribution is -1.86. The lowest BCUT2D eigenvalue weighted by Gasteiger charge is -2.13. The molecule has 11 aromatic rings. The zero-order valence-electron chi connectivity index (χ0n) is 30.1. The van der Waals surface area contributed by atoms with Crippen LogP contribution in [0.25, 0.3) is 130 Å². The molecule has 0 N–H and O–H groups in total. The van der Waals surface area contributed by atoms with Crippen LogP contribution in [-0.4, -0.2) is 0 Å². The van der Waals surface area contributed by atoms with Crippen LogP contribution in [0.3, 0.4) is 0 Å².